The number of hydrogen-bond donors (Lipinski definition) is 3. The van der Waals surface area contributed by atoms with Crippen LogP contribution in [0.2, 0.25) is 0 Å². The summed E-state index contributed by atoms with van der Waals surface area (Å²) in [4.78, 5) is 10.3. The third-order valence-electron chi connectivity index (χ3n) is 2.50. The minimum absolute atomic E-state index is 0.356. The fourth-order valence-corrected chi connectivity index (χ4v) is 1.81. The molecule has 1 aromatic carbocycles. The Hall–Kier alpha value is -1.86. The van der Waals surface area contributed by atoms with Crippen LogP contribution in [0.15, 0.2) is 34.9 Å². The summed E-state index contributed by atoms with van der Waals surface area (Å²) in [6.45, 7) is 0. The fraction of sp³-hybridized carbons (Fsp3) is 0.167. The number of nitrogen functional groups attached to an aromatic ring is 1. The van der Waals surface area contributed by atoms with Crippen molar-refractivity contribution in [2.75, 3.05) is 29.7 Å². The van der Waals surface area contributed by atoms with Crippen molar-refractivity contribution in [3.05, 3.63) is 34.9 Å². The molecule has 0 radical (unpaired) electrons. The highest BCUT2D eigenvalue weighted by molar-refractivity contribution is 9.10. The molecule has 0 aliphatic carbocycles. The molecule has 0 unspecified atom stereocenters. The van der Waals surface area contributed by atoms with E-state index in [2.05, 4.69) is 36.6 Å². The maximum atomic E-state index is 5.30. The Labute approximate surface area is 120 Å². The molecule has 0 saturated carbocycles. The van der Waals surface area contributed by atoms with Gasteiger partial charge in [-0.1, -0.05) is 6.07 Å². The smallest absolute Gasteiger partial charge is 0.239 e. The molecule has 0 amide bonds. The number of benzene rings is 1. The number of halogens is 1. The first-order chi connectivity index (χ1) is 9.10. The van der Waals surface area contributed by atoms with Gasteiger partial charge in [0.05, 0.1) is 4.47 Å². The van der Waals surface area contributed by atoms with E-state index in [1.165, 1.54) is 0 Å². The average Bonchev–Trinajstić information content (AvgIpc) is 2.41. The first-order valence-electron chi connectivity index (χ1n) is 5.63. The molecule has 0 saturated heterocycles. The van der Waals surface area contributed by atoms with Crippen molar-refractivity contribution in [2.24, 2.45) is 5.84 Å². The standard InChI is InChI=1S/C12H15BrN6/c1-19(2)9-5-3-4-8(6-9)16-11-10(13)7-15-12(17-11)18-14/h3-7H,14H2,1-2H3,(H2,15,16,17,18). The Morgan fingerprint density at radius 2 is 2.11 bits per heavy atom. The molecule has 0 aliphatic heterocycles. The lowest BCUT2D eigenvalue weighted by Gasteiger charge is -2.14. The molecule has 2 aromatic rings. The van der Waals surface area contributed by atoms with E-state index in [9.17, 15) is 0 Å². The summed E-state index contributed by atoms with van der Waals surface area (Å²) in [5.41, 5.74) is 4.46. The SMILES string of the molecule is CN(C)c1cccc(Nc2nc(NN)ncc2Br)c1. The van der Waals surface area contributed by atoms with Gasteiger partial charge in [0.15, 0.2) is 0 Å². The lowest BCUT2D eigenvalue weighted by Crippen LogP contribution is -2.11. The summed E-state index contributed by atoms with van der Waals surface area (Å²) >= 11 is 3.40. The van der Waals surface area contributed by atoms with Gasteiger partial charge in [-0.15, -0.1) is 0 Å². The van der Waals surface area contributed by atoms with Crippen LogP contribution in [0.1, 0.15) is 0 Å². The fourth-order valence-electron chi connectivity index (χ4n) is 1.52. The van der Waals surface area contributed by atoms with Gasteiger partial charge in [0.1, 0.15) is 5.82 Å². The third kappa shape index (κ3) is 3.33. The molecule has 4 N–H and O–H groups in total. The minimum Gasteiger partial charge on any atom is -0.378 e. The van der Waals surface area contributed by atoms with Crippen molar-refractivity contribution in [1.82, 2.24) is 9.97 Å². The molecular formula is C12H15BrN6. The topological polar surface area (TPSA) is 79.1 Å². The molecule has 100 valence electrons. The van der Waals surface area contributed by atoms with Crippen molar-refractivity contribution in [2.45, 2.75) is 0 Å². The van der Waals surface area contributed by atoms with Crippen LogP contribution in [-0.2, 0) is 0 Å². The molecule has 0 bridgehead atoms. The highest BCUT2D eigenvalue weighted by Crippen LogP contribution is 2.25. The number of nitrogens with one attached hydrogen (secondary N) is 2. The van der Waals surface area contributed by atoms with E-state index in [4.69, 9.17) is 5.84 Å². The Morgan fingerprint density at radius 1 is 1.32 bits per heavy atom. The largest absolute Gasteiger partial charge is 0.378 e. The van der Waals surface area contributed by atoms with Crippen LogP contribution in [0.25, 0.3) is 0 Å². The molecule has 19 heavy (non-hydrogen) atoms. The van der Waals surface area contributed by atoms with Crippen LogP contribution >= 0.6 is 15.9 Å². The van der Waals surface area contributed by atoms with Crippen LogP contribution in [0.5, 0.6) is 0 Å². The second-order valence-corrected chi connectivity index (χ2v) is 4.96. The van der Waals surface area contributed by atoms with Gasteiger partial charge in [-0.25, -0.2) is 10.8 Å². The molecule has 0 aliphatic rings. The van der Waals surface area contributed by atoms with Crippen molar-refractivity contribution in [1.29, 1.82) is 0 Å². The molecule has 7 heteroatoms. The second-order valence-electron chi connectivity index (χ2n) is 4.10. The van der Waals surface area contributed by atoms with E-state index < -0.39 is 0 Å². The molecular weight excluding hydrogens is 308 g/mol. The summed E-state index contributed by atoms with van der Waals surface area (Å²) in [5, 5.41) is 3.22. The van der Waals surface area contributed by atoms with E-state index in [1.807, 2.05) is 43.3 Å². The molecule has 2 rings (SSSR count). The van der Waals surface area contributed by atoms with E-state index in [1.54, 1.807) is 6.20 Å². The summed E-state index contributed by atoms with van der Waals surface area (Å²) in [6.07, 6.45) is 1.64. The summed E-state index contributed by atoms with van der Waals surface area (Å²) < 4.78 is 0.766. The van der Waals surface area contributed by atoms with Gasteiger partial charge in [-0.05, 0) is 34.1 Å². The number of aromatic nitrogens is 2. The molecule has 6 nitrogen and oxygen atoms in total. The van der Waals surface area contributed by atoms with Gasteiger partial charge in [-0.3, -0.25) is 5.43 Å². The van der Waals surface area contributed by atoms with Crippen molar-refractivity contribution >= 4 is 39.1 Å². The van der Waals surface area contributed by atoms with Crippen molar-refractivity contribution < 1.29 is 0 Å². The van der Waals surface area contributed by atoms with Crippen LogP contribution in [-0.4, -0.2) is 24.1 Å². The zero-order chi connectivity index (χ0) is 13.8. The third-order valence-corrected chi connectivity index (χ3v) is 3.08. The number of nitrogens with zero attached hydrogens (tertiary/aromatic N) is 3. The van der Waals surface area contributed by atoms with E-state index in [0.29, 0.717) is 11.8 Å². The Bertz CT molecular complexity index is 572. The Morgan fingerprint density at radius 3 is 2.79 bits per heavy atom. The van der Waals surface area contributed by atoms with Gasteiger partial charge in [0, 0.05) is 31.7 Å². The lowest BCUT2D eigenvalue weighted by atomic mass is 10.2. The van der Waals surface area contributed by atoms with Crippen molar-refractivity contribution in [3.8, 4) is 0 Å². The molecule has 1 heterocycles. The first kappa shape index (κ1) is 13.6. The predicted octanol–water partition coefficient (Wildman–Crippen LogP) is 2.33. The van der Waals surface area contributed by atoms with Gasteiger partial charge in [0.25, 0.3) is 0 Å². The van der Waals surface area contributed by atoms with E-state index in [0.717, 1.165) is 15.8 Å². The number of hydrazine groups is 1. The molecule has 0 atom stereocenters. The molecule has 1 aromatic heterocycles. The minimum atomic E-state index is 0.356. The number of nitrogens with two attached hydrogens (primary N) is 1. The van der Waals surface area contributed by atoms with Gasteiger partial charge in [0.2, 0.25) is 5.95 Å². The zero-order valence-electron chi connectivity index (χ0n) is 10.7. The average molecular weight is 323 g/mol. The maximum absolute atomic E-state index is 5.30. The zero-order valence-corrected chi connectivity index (χ0v) is 12.3. The monoisotopic (exact) mass is 322 g/mol. The highest BCUT2D eigenvalue weighted by Gasteiger charge is 2.05. The maximum Gasteiger partial charge on any atom is 0.239 e. The van der Waals surface area contributed by atoms with E-state index in [-0.39, 0.29) is 0 Å². The second kappa shape index (κ2) is 5.85. The van der Waals surface area contributed by atoms with Crippen LogP contribution in [0.3, 0.4) is 0 Å². The number of rotatable bonds is 4. The van der Waals surface area contributed by atoms with Gasteiger partial charge >= 0.3 is 0 Å². The lowest BCUT2D eigenvalue weighted by molar-refractivity contribution is 1.11. The van der Waals surface area contributed by atoms with Crippen LogP contribution in [0, 0.1) is 0 Å². The summed E-state index contributed by atoms with van der Waals surface area (Å²) in [5.74, 6) is 6.31. The highest BCUT2D eigenvalue weighted by atomic mass is 79.9. The van der Waals surface area contributed by atoms with Gasteiger partial charge < -0.3 is 10.2 Å². The Balaban J connectivity index is 2.28. The first-order valence-corrected chi connectivity index (χ1v) is 6.43. The van der Waals surface area contributed by atoms with Crippen LogP contribution in [0.4, 0.5) is 23.1 Å². The van der Waals surface area contributed by atoms with E-state index >= 15 is 0 Å². The molecule has 0 spiro atoms. The number of anilines is 4. The normalized spacial score (nSPS) is 10.1. The summed E-state index contributed by atoms with van der Waals surface area (Å²) in [6, 6.07) is 8.02. The quantitative estimate of drug-likeness (QED) is 0.592. The van der Waals surface area contributed by atoms with Crippen molar-refractivity contribution in [3.63, 3.8) is 0 Å². The Kier molecular flexibility index (Phi) is 4.18. The van der Waals surface area contributed by atoms with Gasteiger partial charge in [-0.2, -0.15) is 4.98 Å². The van der Waals surface area contributed by atoms with Crippen LogP contribution < -0.4 is 21.5 Å². The predicted molar refractivity (Wildman–Crippen MR) is 81.6 cm³/mol. The summed E-state index contributed by atoms with van der Waals surface area (Å²) in [7, 11) is 3.99. The number of hydrogen-bond acceptors (Lipinski definition) is 6. The molecule has 0 fully saturated rings.